The molecule has 0 aromatic carbocycles. The third-order valence-corrected chi connectivity index (χ3v) is 5.34. The van der Waals surface area contributed by atoms with Crippen LogP contribution in [0.2, 0.25) is 0 Å². The number of alkyl halides is 1. The van der Waals surface area contributed by atoms with E-state index in [2.05, 4.69) is 0 Å². The van der Waals surface area contributed by atoms with E-state index < -0.39 is 22.4 Å². The highest BCUT2D eigenvalue weighted by Crippen LogP contribution is 2.66. The first-order valence-electron chi connectivity index (χ1n) is 7.32. The maximum Gasteiger partial charge on any atom is 0.217 e. The van der Waals surface area contributed by atoms with E-state index >= 15 is 4.39 Å². The molecule has 4 rings (SSSR count). The van der Waals surface area contributed by atoms with E-state index in [-0.39, 0.29) is 0 Å². The molecule has 1 fully saturated rings. The summed E-state index contributed by atoms with van der Waals surface area (Å²) in [6, 6.07) is 7.10. The van der Waals surface area contributed by atoms with Gasteiger partial charge < -0.3 is 0 Å². The number of hydrogen-bond acceptors (Lipinski definition) is 4. The Bertz CT molecular complexity index is 710. The second-order valence-corrected chi connectivity index (χ2v) is 6.13. The normalized spacial score (nSPS) is 26.8. The molecule has 0 N–H and O–H groups in total. The van der Waals surface area contributed by atoms with E-state index in [4.69, 9.17) is 0 Å². The lowest BCUT2D eigenvalue weighted by Crippen LogP contribution is -2.63. The maximum atomic E-state index is 16.2. The Morgan fingerprint density at radius 1 is 0.864 bits per heavy atom. The molecule has 0 aromatic rings. The number of allylic oxidation sites excluding steroid dienone is 4. The van der Waals surface area contributed by atoms with E-state index in [0.29, 0.717) is 24.0 Å². The first kappa shape index (κ1) is 14.3. The Morgan fingerprint density at radius 3 is 1.77 bits per heavy atom. The summed E-state index contributed by atoms with van der Waals surface area (Å²) in [5.41, 5.74) is -5.83. The van der Waals surface area contributed by atoms with Crippen molar-refractivity contribution in [2.75, 3.05) is 0 Å². The molecule has 0 aliphatic heterocycles. The number of nitrogens with zero attached hydrogens (tertiary/aromatic N) is 4. The molecule has 0 saturated heterocycles. The minimum atomic E-state index is -2.32. The van der Waals surface area contributed by atoms with Gasteiger partial charge in [-0.15, -0.1) is 0 Å². The van der Waals surface area contributed by atoms with Gasteiger partial charge in [0.15, 0.2) is 11.1 Å². The molecule has 1 saturated carbocycles. The Kier molecular flexibility index (Phi) is 2.88. The molecule has 0 amide bonds. The van der Waals surface area contributed by atoms with Gasteiger partial charge in [-0.1, -0.05) is 18.6 Å². The standard InChI is InChI=1S/C17H13FN4/c18-17-12-4-2-1-3-5-13(17)7-14(6-12)15(8-19,9-20)16(17,10-21)11-22/h6-7,14H,1-5H2. The SMILES string of the molecule is N#CC1(C#N)C2C=C3CCCCCC(=C2)C3(F)C1(C#N)C#N. The van der Waals surface area contributed by atoms with E-state index in [1.807, 2.05) is 0 Å². The molecule has 0 spiro atoms. The molecule has 0 heterocycles. The van der Waals surface area contributed by atoms with Gasteiger partial charge in [0.2, 0.25) is 5.41 Å². The second-order valence-electron chi connectivity index (χ2n) is 6.13. The van der Waals surface area contributed by atoms with Crippen LogP contribution >= 0.6 is 0 Å². The number of nitriles is 4. The highest BCUT2D eigenvalue weighted by Gasteiger charge is 2.76. The van der Waals surface area contributed by atoms with Crippen LogP contribution in [0.15, 0.2) is 23.3 Å². The largest absolute Gasteiger partial charge is 0.231 e. The summed E-state index contributed by atoms with van der Waals surface area (Å²) < 4.78 is 16.2. The molecule has 0 aromatic heterocycles. The van der Waals surface area contributed by atoms with Crippen LogP contribution in [-0.4, -0.2) is 5.67 Å². The smallest absolute Gasteiger partial charge is 0.217 e. The molecule has 4 aliphatic rings. The van der Waals surface area contributed by atoms with Crippen molar-refractivity contribution in [3.63, 3.8) is 0 Å². The van der Waals surface area contributed by atoms with E-state index in [0.717, 1.165) is 19.3 Å². The highest BCUT2D eigenvalue weighted by molar-refractivity contribution is 5.60. The summed E-state index contributed by atoms with van der Waals surface area (Å²) in [7, 11) is 0. The zero-order chi connectivity index (χ0) is 16.0. The number of rotatable bonds is 0. The van der Waals surface area contributed by atoms with Crippen molar-refractivity contribution in [3.05, 3.63) is 23.3 Å². The quantitative estimate of drug-likeness (QED) is 0.640. The summed E-state index contributed by atoms with van der Waals surface area (Å²) in [5, 5.41) is 38.5. The number of halogens is 1. The summed E-state index contributed by atoms with van der Waals surface area (Å²) in [5.74, 6) is -0.706. The molecule has 0 atom stereocenters. The minimum absolute atomic E-state index is 0.402. The summed E-state index contributed by atoms with van der Waals surface area (Å²) >= 11 is 0. The van der Waals surface area contributed by atoms with Crippen LogP contribution in [0.4, 0.5) is 4.39 Å². The van der Waals surface area contributed by atoms with Crippen molar-refractivity contribution < 1.29 is 4.39 Å². The molecule has 0 radical (unpaired) electrons. The predicted molar refractivity (Wildman–Crippen MR) is 73.9 cm³/mol. The van der Waals surface area contributed by atoms with Crippen LogP contribution in [0, 0.1) is 62.1 Å². The van der Waals surface area contributed by atoms with Gasteiger partial charge in [0.25, 0.3) is 0 Å². The monoisotopic (exact) mass is 292 g/mol. The minimum Gasteiger partial charge on any atom is -0.231 e. The predicted octanol–water partition coefficient (Wildman–Crippen LogP) is 3.22. The Balaban J connectivity index is 2.40. The molecule has 0 unspecified atom stereocenters. The fraction of sp³-hybridized carbons (Fsp3) is 0.529. The van der Waals surface area contributed by atoms with Gasteiger partial charge in [-0.2, -0.15) is 21.0 Å². The fourth-order valence-corrected chi connectivity index (χ4v) is 4.19. The average Bonchev–Trinajstić information content (AvgIpc) is 2.55. The van der Waals surface area contributed by atoms with Crippen molar-refractivity contribution in [1.82, 2.24) is 0 Å². The molecule has 22 heavy (non-hydrogen) atoms. The van der Waals surface area contributed by atoms with E-state index in [9.17, 15) is 21.0 Å². The Morgan fingerprint density at radius 2 is 1.36 bits per heavy atom. The molecule has 5 heteroatoms. The maximum absolute atomic E-state index is 16.2. The van der Waals surface area contributed by atoms with Gasteiger partial charge >= 0.3 is 0 Å². The van der Waals surface area contributed by atoms with Crippen molar-refractivity contribution in [3.8, 4) is 24.3 Å². The van der Waals surface area contributed by atoms with Crippen LogP contribution in [-0.2, 0) is 0 Å². The first-order chi connectivity index (χ1) is 10.6. The van der Waals surface area contributed by atoms with Gasteiger partial charge in [0, 0.05) is 5.92 Å². The van der Waals surface area contributed by atoms with Crippen LogP contribution in [0.5, 0.6) is 0 Å². The molecule has 4 aliphatic carbocycles. The zero-order valence-electron chi connectivity index (χ0n) is 11.9. The van der Waals surface area contributed by atoms with Gasteiger partial charge in [-0.3, -0.25) is 0 Å². The Hall–Kier alpha value is -2.63. The summed E-state index contributed by atoms with van der Waals surface area (Å²) in [4.78, 5) is 0. The van der Waals surface area contributed by atoms with Crippen LogP contribution in [0.1, 0.15) is 32.1 Å². The number of hydrogen-bond donors (Lipinski definition) is 0. The topological polar surface area (TPSA) is 95.2 Å². The lowest BCUT2D eigenvalue weighted by Gasteiger charge is -2.54. The van der Waals surface area contributed by atoms with Gasteiger partial charge in [-0.05, 0) is 36.8 Å². The zero-order valence-corrected chi connectivity index (χ0v) is 11.9. The highest BCUT2D eigenvalue weighted by atomic mass is 19.1. The van der Waals surface area contributed by atoms with Crippen molar-refractivity contribution >= 4 is 0 Å². The average molecular weight is 292 g/mol. The number of fused-ring (bicyclic) bond motifs is 1. The second kappa shape index (κ2) is 4.43. The van der Waals surface area contributed by atoms with E-state index in [1.54, 1.807) is 36.4 Å². The van der Waals surface area contributed by atoms with Crippen molar-refractivity contribution in [1.29, 1.82) is 21.0 Å². The summed E-state index contributed by atoms with van der Waals surface area (Å²) in [6.07, 6.45) is 6.67. The summed E-state index contributed by atoms with van der Waals surface area (Å²) in [6.45, 7) is 0. The fourth-order valence-electron chi connectivity index (χ4n) is 4.19. The molecular weight excluding hydrogens is 279 g/mol. The molecule has 4 nitrogen and oxygen atoms in total. The first-order valence-corrected chi connectivity index (χ1v) is 7.32. The van der Waals surface area contributed by atoms with Gasteiger partial charge in [-0.25, -0.2) is 4.39 Å². The molecule has 4 bridgehead atoms. The Labute approximate surface area is 128 Å². The van der Waals surface area contributed by atoms with E-state index in [1.165, 1.54) is 0 Å². The van der Waals surface area contributed by atoms with Crippen LogP contribution in [0.3, 0.4) is 0 Å². The molecule has 108 valence electrons. The third-order valence-electron chi connectivity index (χ3n) is 5.34. The lowest BCUT2D eigenvalue weighted by molar-refractivity contribution is 0.0332. The third kappa shape index (κ3) is 1.24. The van der Waals surface area contributed by atoms with Crippen LogP contribution in [0.25, 0.3) is 0 Å². The van der Waals surface area contributed by atoms with Gasteiger partial charge in [0.05, 0.1) is 24.3 Å². The molecular formula is C17H13FN4. The lowest BCUT2D eigenvalue weighted by atomic mass is 9.43. The van der Waals surface area contributed by atoms with Crippen molar-refractivity contribution in [2.24, 2.45) is 16.7 Å². The van der Waals surface area contributed by atoms with Crippen LogP contribution < -0.4 is 0 Å². The van der Waals surface area contributed by atoms with Crippen molar-refractivity contribution in [2.45, 2.75) is 37.8 Å². The van der Waals surface area contributed by atoms with Gasteiger partial charge in [0.1, 0.15) is 0 Å².